The summed E-state index contributed by atoms with van der Waals surface area (Å²) in [5, 5.41) is 0. The first-order valence-corrected chi connectivity index (χ1v) is 7.81. The van der Waals surface area contributed by atoms with E-state index >= 15 is 0 Å². The third kappa shape index (κ3) is 2.88. The molecule has 1 fully saturated rings. The third-order valence-electron chi connectivity index (χ3n) is 3.42. The van der Waals surface area contributed by atoms with E-state index in [1.165, 1.54) is 16.6 Å². The highest BCUT2D eigenvalue weighted by atomic mass is 32.2. The molecule has 1 aliphatic rings. The average Bonchev–Trinajstić information content (AvgIpc) is 2.39. The second-order valence-electron chi connectivity index (χ2n) is 4.92. The van der Waals surface area contributed by atoms with Crippen molar-refractivity contribution in [3.63, 3.8) is 0 Å². The Kier molecular flexibility index (Phi) is 4.07. The summed E-state index contributed by atoms with van der Waals surface area (Å²) >= 11 is 0. The minimum atomic E-state index is -3.52. The number of nitrogens with two attached hydrogens (primary N) is 1. The van der Waals surface area contributed by atoms with Crippen molar-refractivity contribution >= 4 is 15.8 Å². The van der Waals surface area contributed by atoms with E-state index in [-0.39, 0.29) is 10.7 Å². The van der Waals surface area contributed by atoms with Gasteiger partial charge >= 0.3 is 0 Å². The number of anilines is 1. The molecule has 0 unspecified atom stereocenters. The number of hydrogen-bond acceptors (Lipinski definition) is 5. The molecule has 1 aliphatic heterocycles. The molecule has 2 rings (SSSR count). The van der Waals surface area contributed by atoms with Gasteiger partial charge in [-0.3, -0.25) is 4.90 Å². The molecule has 0 amide bonds. The molecule has 7 heteroatoms. The van der Waals surface area contributed by atoms with Crippen molar-refractivity contribution in [1.82, 2.24) is 14.2 Å². The van der Waals surface area contributed by atoms with Crippen molar-refractivity contribution in [2.45, 2.75) is 24.8 Å². The number of aromatic nitrogens is 1. The van der Waals surface area contributed by atoms with Gasteiger partial charge in [0.15, 0.2) is 0 Å². The first-order valence-electron chi connectivity index (χ1n) is 6.37. The maximum Gasteiger partial charge on any atom is 0.246 e. The van der Waals surface area contributed by atoms with Crippen LogP contribution in [0.3, 0.4) is 0 Å². The summed E-state index contributed by atoms with van der Waals surface area (Å²) in [4.78, 5) is 6.21. The van der Waals surface area contributed by atoms with E-state index < -0.39 is 10.0 Å². The first-order chi connectivity index (χ1) is 8.93. The Hall–Kier alpha value is -1.18. The Bertz CT molecular complexity index is 536. The van der Waals surface area contributed by atoms with Crippen molar-refractivity contribution in [2.75, 3.05) is 31.9 Å². The van der Waals surface area contributed by atoms with Crippen LogP contribution in [0.15, 0.2) is 23.2 Å². The molecule has 0 atom stereocenters. The minimum absolute atomic E-state index is 0.0637. The average molecular weight is 284 g/mol. The Labute approximate surface area is 114 Å². The molecule has 0 aliphatic carbocycles. The molecule has 0 spiro atoms. The van der Waals surface area contributed by atoms with Crippen molar-refractivity contribution < 1.29 is 8.42 Å². The van der Waals surface area contributed by atoms with Crippen LogP contribution in [-0.4, -0.2) is 54.8 Å². The maximum atomic E-state index is 12.5. The molecular formula is C12H20N4O2S. The summed E-state index contributed by atoms with van der Waals surface area (Å²) in [6, 6.07) is 3.54. The summed E-state index contributed by atoms with van der Waals surface area (Å²) in [6.45, 7) is 6.71. The molecule has 2 heterocycles. The van der Waals surface area contributed by atoms with E-state index in [9.17, 15) is 8.42 Å². The van der Waals surface area contributed by atoms with Gasteiger partial charge in [0.1, 0.15) is 10.7 Å². The van der Waals surface area contributed by atoms with Gasteiger partial charge in [0.05, 0.1) is 0 Å². The standard InChI is InChI=1S/C12H20N4O2S/c1-10(2)15-6-8-16(9-7-15)19(17,18)11-4-3-5-14-12(11)13/h3-5,10H,6-9H2,1-2H3,(H2,13,14). The van der Waals surface area contributed by atoms with E-state index in [0.29, 0.717) is 19.1 Å². The lowest BCUT2D eigenvalue weighted by Crippen LogP contribution is -2.50. The number of nitrogens with zero attached hydrogens (tertiary/aromatic N) is 3. The van der Waals surface area contributed by atoms with E-state index in [1.54, 1.807) is 6.07 Å². The van der Waals surface area contributed by atoms with Crippen LogP contribution in [0.4, 0.5) is 5.82 Å². The van der Waals surface area contributed by atoms with Crippen LogP contribution < -0.4 is 5.73 Å². The second kappa shape index (κ2) is 5.44. The van der Waals surface area contributed by atoms with Crippen molar-refractivity contribution in [1.29, 1.82) is 0 Å². The van der Waals surface area contributed by atoms with Gasteiger partial charge in [0, 0.05) is 38.4 Å². The summed E-state index contributed by atoms with van der Waals surface area (Å²) in [5.41, 5.74) is 5.66. The van der Waals surface area contributed by atoms with Gasteiger partial charge in [-0.15, -0.1) is 0 Å². The van der Waals surface area contributed by atoms with E-state index in [2.05, 4.69) is 23.7 Å². The van der Waals surface area contributed by atoms with E-state index in [4.69, 9.17) is 5.73 Å². The lowest BCUT2D eigenvalue weighted by molar-refractivity contribution is 0.154. The van der Waals surface area contributed by atoms with Gasteiger partial charge in [0.2, 0.25) is 10.0 Å². The number of pyridine rings is 1. The summed E-state index contributed by atoms with van der Waals surface area (Å²) < 4.78 is 26.4. The first kappa shape index (κ1) is 14.2. The fraction of sp³-hybridized carbons (Fsp3) is 0.583. The van der Waals surface area contributed by atoms with Crippen LogP contribution in [0.2, 0.25) is 0 Å². The largest absolute Gasteiger partial charge is 0.383 e. The molecule has 19 heavy (non-hydrogen) atoms. The van der Waals surface area contributed by atoms with E-state index in [1.807, 2.05) is 0 Å². The van der Waals surface area contributed by atoms with Crippen molar-refractivity contribution in [3.05, 3.63) is 18.3 Å². The Morgan fingerprint density at radius 3 is 2.42 bits per heavy atom. The summed E-state index contributed by atoms with van der Waals surface area (Å²) in [6.07, 6.45) is 1.49. The normalized spacial score (nSPS) is 18.9. The minimum Gasteiger partial charge on any atom is -0.383 e. The molecule has 106 valence electrons. The predicted molar refractivity (Wildman–Crippen MR) is 74.1 cm³/mol. The molecule has 0 radical (unpaired) electrons. The zero-order valence-corrected chi connectivity index (χ0v) is 12.1. The fourth-order valence-electron chi connectivity index (χ4n) is 2.22. The number of hydrogen-bond donors (Lipinski definition) is 1. The van der Waals surface area contributed by atoms with Crippen LogP contribution in [-0.2, 0) is 10.0 Å². The van der Waals surface area contributed by atoms with Gasteiger partial charge in [-0.05, 0) is 26.0 Å². The van der Waals surface area contributed by atoms with E-state index in [0.717, 1.165) is 13.1 Å². The highest BCUT2D eigenvalue weighted by Crippen LogP contribution is 2.21. The quantitative estimate of drug-likeness (QED) is 0.868. The van der Waals surface area contributed by atoms with Gasteiger partial charge < -0.3 is 5.73 Å². The van der Waals surface area contributed by atoms with Crippen LogP contribution in [0.1, 0.15) is 13.8 Å². The molecule has 2 N–H and O–H groups in total. The van der Waals surface area contributed by atoms with Gasteiger partial charge in [0.25, 0.3) is 0 Å². The van der Waals surface area contributed by atoms with Crippen molar-refractivity contribution in [3.8, 4) is 0 Å². The van der Waals surface area contributed by atoms with Gasteiger partial charge in [-0.2, -0.15) is 4.31 Å². The number of sulfonamides is 1. The highest BCUT2D eigenvalue weighted by Gasteiger charge is 2.30. The summed E-state index contributed by atoms with van der Waals surface area (Å²) in [5.74, 6) is 0.0637. The lowest BCUT2D eigenvalue weighted by Gasteiger charge is -2.36. The Morgan fingerprint density at radius 2 is 1.89 bits per heavy atom. The fourth-order valence-corrected chi connectivity index (χ4v) is 3.71. The van der Waals surface area contributed by atoms with Gasteiger partial charge in [-0.1, -0.05) is 0 Å². The molecular weight excluding hydrogens is 264 g/mol. The SMILES string of the molecule is CC(C)N1CCN(S(=O)(=O)c2cccnc2N)CC1. The van der Waals surface area contributed by atoms with Crippen molar-refractivity contribution in [2.24, 2.45) is 0 Å². The summed E-state index contributed by atoms with van der Waals surface area (Å²) in [7, 11) is -3.52. The molecule has 0 bridgehead atoms. The molecule has 0 aromatic carbocycles. The monoisotopic (exact) mass is 284 g/mol. The number of nitrogen functional groups attached to an aromatic ring is 1. The lowest BCUT2D eigenvalue weighted by atomic mass is 10.3. The van der Waals surface area contributed by atoms with Crippen LogP contribution in [0.5, 0.6) is 0 Å². The highest BCUT2D eigenvalue weighted by molar-refractivity contribution is 7.89. The maximum absolute atomic E-state index is 12.5. The topological polar surface area (TPSA) is 79.5 Å². The molecule has 6 nitrogen and oxygen atoms in total. The molecule has 1 saturated heterocycles. The van der Waals surface area contributed by atoms with Crippen LogP contribution >= 0.6 is 0 Å². The zero-order valence-electron chi connectivity index (χ0n) is 11.3. The Morgan fingerprint density at radius 1 is 1.26 bits per heavy atom. The molecule has 1 aromatic heterocycles. The smallest absolute Gasteiger partial charge is 0.246 e. The molecule has 1 aromatic rings. The number of rotatable bonds is 3. The number of piperazine rings is 1. The second-order valence-corrected chi connectivity index (χ2v) is 6.83. The Balaban J connectivity index is 2.17. The predicted octanol–water partition coefficient (Wildman–Crippen LogP) is 0.378. The van der Waals surface area contributed by atoms with Crippen LogP contribution in [0, 0.1) is 0 Å². The third-order valence-corrected chi connectivity index (χ3v) is 5.37. The zero-order chi connectivity index (χ0) is 14.0. The molecule has 0 saturated carbocycles. The van der Waals surface area contributed by atoms with Gasteiger partial charge in [-0.25, -0.2) is 13.4 Å². The van der Waals surface area contributed by atoms with Crippen LogP contribution in [0.25, 0.3) is 0 Å².